The zero-order valence-corrected chi connectivity index (χ0v) is 10.4. The van der Waals surface area contributed by atoms with Crippen LogP contribution in [0.15, 0.2) is 28.7 Å². The Morgan fingerprint density at radius 3 is 3.17 bits per heavy atom. The van der Waals surface area contributed by atoms with E-state index in [1.807, 2.05) is 6.07 Å². The fourth-order valence-corrected chi connectivity index (χ4v) is 2.52. The van der Waals surface area contributed by atoms with Crippen LogP contribution in [0.3, 0.4) is 0 Å². The normalized spacial score (nSPS) is 21.6. The summed E-state index contributed by atoms with van der Waals surface area (Å²) in [6.45, 7) is 6.03. The van der Waals surface area contributed by atoms with Crippen molar-refractivity contribution in [1.82, 2.24) is 10.2 Å². The van der Waals surface area contributed by atoms with E-state index in [9.17, 15) is 4.39 Å². The van der Waals surface area contributed by atoms with Crippen LogP contribution < -0.4 is 5.32 Å². The summed E-state index contributed by atoms with van der Waals surface area (Å²) in [5, 5.41) is 4.25. The van der Waals surface area contributed by atoms with Crippen LogP contribution in [0.25, 0.3) is 11.0 Å². The lowest BCUT2D eigenvalue weighted by atomic mass is 10.2. The highest BCUT2D eigenvalue weighted by atomic mass is 19.1. The van der Waals surface area contributed by atoms with Gasteiger partial charge < -0.3 is 9.73 Å². The molecule has 0 saturated carbocycles. The topological polar surface area (TPSA) is 28.4 Å². The van der Waals surface area contributed by atoms with Crippen LogP contribution in [0.5, 0.6) is 0 Å². The van der Waals surface area contributed by atoms with E-state index in [0.29, 0.717) is 6.04 Å². The lowest BCUT2D eigenvalue weighted by molar-refractivity contribution is 0.188. The van der Waals surface area contributed by atoms with Gasteiger partial charge in [0.05, 0.1) is 6.54 Å². The van der Waals surface area contributed by atoms with Gasteiger partial charge >= 0.3 is 0 Å². The Bertz CT molecular complexity index is 552. The summed E-state index contributed by atoms with van der Waals surface area (Å²) in [4.78, 5) is 2.36. The number of nitrogens with one attached hydrogen (secondary N) is 1. The lowest BCUT2D eigenvalue weighted by Crippen LogP contribution is -2.48. The van der Waals surface area contributed by atoms with E-state index in [0.717, 1.165) is 42.9 Å². The van der Waals surface area contributed by atoms with Crippen molar-refractivity contribution in [2.45, 2.75) is 19.5 Å². The minimum atomic E-state index is -0.217. The van der Waals surface area contributed by atoms with Gasteiger partial charge in [-0.15, -0.1) is 0 Å². The average molecular weight is 248 g/mol. The minimum Gasteiger partial charge on any atom is -0.460 e. The molecule has 1 aromatic carbocycles. The van der Waals surface area contributed by atoms with Gasteiger partial charge in [0, 0.05) is 31.1 Å². The van der Waals surface area contributed by atoms with Gasteiger partial charge in [-0.05, 0) is 31.2 Å². The molecule has 0 aliphatic carbocycles. The monoisotopic (exact) mass is 248 g/mol. The van der Waals surface area contributed by atoms with Crippen molar-refractivity contribution >= 4 is 11.0 Å². The third kappa shape index (κ3) is 2.40. The molecule has 4 heteroatoms. The number of rotatable bonds is 2. The third-order valence-electron chi connectivity index (χ3n) is 3.36. The van der Waals surface area contributed by atoms with Crippen molar-refractivity contribution in [1.29, 1.82) is 0 Å². The fourth-order valence-electron chi connectivity index (χ4n) is 2.52. The van der Waals surface area contributed by atoms with E-state index in [1.165, 1.54) is 12.1 Å². The van der Waals surface area contributed by atoms with Crippen LogP contribution in [0.4, 0.5) is 4.39 Å². The number of fused-ring (bicyclic) bond motifs is 1. The standard InChI is InChI=1S/C14H17FN2O/c1-10-8-17(5-4-16-10)9-13-7-11-6-12(15)2-3-14(11)18-13/h2-3,6-7,10,16H,4-5,8-9H2,1H3. The Hall–Kier alpha value is -1.39. The third-order valence-corrected chi connectivity index (χ3v) is 3.36. The van der Waals surface area contributed by atoms with Crippen LogP contribution in [-0.2, 0) is 6.54 Å². The summed E-state index contributed by atoms with van der Waals surface area (Å²) in [7, 11) is 0. The van der Waals surface area contributed by atoms with Crippen molar-refractivity contribution in [3.63, 3.8) is 0 Å². The number of hydrogen-bond donors (Lipinski definition) is 1. The summed E-state index contributed by atoms with van der Waals surface area (Å²) in [5.74, 6) is 0.690. The molecule has 0 radical (unpaired) electrons. The summed E-state index contributed by atoms with van der Waals surface area (Å²) < 4.78 is 18.8. The quantitative estimate of drug-likeness (QED) is 0.884. The van der Waals surface area contributed by atoms with E-state index in [2.05, 4.69) is 17.1 Å². The highest BCUT2D eigenvalue weighted by molar-refractivity contribution is 5.77. The van der Waals surface area contributed by atoms with Crippen molar-refractivity contribution in [3.05, 3.63) is 35.8 Å². The number of benzene rings is 1. The van der Waals surface area contributed by atoms with Crippen LogP contribution in [0.2, 0.25) is 0 Å². The van der Waals surface area contributed by atoms with Gasteiger partial charge in [-0.2, -0.15) is 0 Å². The van der Waals surface area contributed by atoms with E-state index >= 15 is 0 Å². The molecule has 3 rings (SSSR count). The van der Waals surface area contributed by atoms with Crippen LogP contribution >= 0.6 is 0 Å². The fraction of sp³-hybridized carbons (Fsp3) is 0.429. The average Bonchev–Trinajstić information content (AvgIpc) is 2.70. The molecule has 0 amide bonds. The van der Waals surface area contributed by atoms with Gasteiger partial charge in [0.1, 0.15) is 17.2 Å². The van der Waals surface area contributed by atoms with Gasteiger partial charge in [-0.3, -0.25) is 4.90 Å². The SMILES string of the molecule is CC1CN(Cc2cc3cc(F)ccc3o2)CCN1. The number of piperazine rings is 1. The molecular formula is C14H17FN2O. The molecule has 1 aliphatic rings. The van der Waals surface area contributed by atoms with Crippen LogP contribution in [0.1, 0.15) is 12.7 Å². The zero-order valence-electron chi connectivity index (χ0n) is 10.4. The molecule has 3 nitrogen and oxygen atoms in total. The van der Waals surface area contributed by atoms with Gasteiger partial charge in [-0.25, -0.2) is 4.39 Å². The van der Waals surface area contributed by atoms with Gasteiger partial charge in [0.15, 0.2) is 0 Å². The number of nitrogens with zero attached hydrogens (tertiary/aromatic N) is 1. The first-order valence-electron chi connectivity index (χ1n) is 6.34. The molecule has 1 aliphatic heterocycles. The van der Waals surface area contributed by atoms with Crippen LogP contribution in [0, 0.1) is 5.82 Å². The highest BCUT2D eigenvalue weighted by Crippen LogP contribution is 2.21. The predicted molar refractivity (Wildman–Crippen MR) is 68.9 cm³/mol. The maximum atomic E-state index is 13.1. The van der Waals surface area contributed by atoms with E-state index < -0.39 is 0 Å². The largest absolute Gasteiger partial charge is 0.460 e. The maximum Gasteiger partial charge on any atom is 0.134 e. The van der Waals surface area contributed by atoms with Gasteiger partial charge in [-0.1, -0.05) is 0 Å². The molecule has 0 spiro atoms. The molecule has 1 N–H and O–H groups in total. The van der Waals surface area contributed by atoms with Crippen molar-refractivity contribution in [3.8, 4) is 0 Å². The minimum absolute atomic E-state index is 0.217. The molecule has 1 fully saturated rings. The molecule has 2 aromatic rings. The predicted octanol–water partition coefficient (Wildman–Crippen LogP) is 2.37. The van der Waals surface area contributed by atoms with Gasteiger partial charge in [0.2, 0.25) is 0 Å². The first kappa shape index (κ1) is 11.7. The van der Waals surface area contributed by atoms with Crippen molar-refractivity contribution in [2.75, 3.05) is 19.6 Å². The van der Waals surface area contributed by atoms with Gasteiger partial charge in [0.25, 0.3) is 0 Å². The lowest BCUT2D eigenvalue weighted by Gasteiger charge is -2.30. The van der Waals surface area contributed by atoms with E-state index in [1.54, 1.807) is 6.07 Å². The molecule has 0 bridgehead atoms. The molecule has 2 heterocycles. The Morgan fingerprint density at radius 2 is 2.33 bits per heavy atom. The van der Waals surface area contributed by atoms with E-state index in [4.69, 9.17) is 4.42 Å². The summed E-state index contributed by atoms with van der Waals surface area (Å²) >= 11 is 0. The Balaban J connectivity index is 1.78. The Labute approximate surface area is 106 Å². The molecule has 1 atom stereocenters. The summed E-state index contributed by atoms with van der Waals surface area (Å²) in [6, 6.07) is 7.09. The second-order valence-electron chi connectivity index (χ2n) is 4.99. The van der Waals surface area contributed by atoms with Crippen molar-refractivity contribution < 1.29 is 8.81 Å². The van der Waals surface area contributed by atoms with E-state index in [-0.39, 0.29) is 5.82 Å². The first-order chi connectivity index (χ1) is 8.70. The molecule has 1 unspecified atom stereocenters. The highest BCUT2D eigenvalue weighted by Gasteiger charge is 2.17. The Kier molecular flexibility index (Phi) is 3.06. The first-order valence-corrected chi connectivity index (χ1v) is 6.34. The summed E-state index contributed by atoms with van der Waals surface area (Å²) in [5.41, 5.74) is 0.759. The molecule has 1 aromatic heterocycles. The second kappa shape index (κ2) is 4.71. The molecule has 1 saturated heterocycles. The molecule has 96 valence electrons. The molecular weight excluding hydrogens is 231 g/mol. The maximum absolute atomic E-state index is 13.1. The smallest absolute Gasteiger partial charge is 0.134 e. The number of halogens is 1. The van der Waals surface area contributed by atoms with Crippen molar-refractivity contribution in [2.24, 2.45) is 0 Å². The van der Waals surface area contributed by atoms with Crippen LogP contribution in [-0.4, -0.2) is 30.6 Å². The molecule has 18 heavy (non-hydrogen) atoms. The Morgan fingerprint density at radius 1 is 1.44 bits per heavy atom. The summed E-state index contributed by atoms with van der Waals surface area (Å²) in [6.07, 6.45) is 0. The zero-order chi connectivity index (χ0) is 12.5. The number of hydrogen-bond acceptors (Lipinski definition) is 3. The second-order valence-corrected chi connectivity index (χ2v) is 4.99. The number of furan rings is 1.